The highest BCUT2D eigenvalue weighted by molar-refractivity contribution is 6.40. The van der Waals surface area contributed by atoms with E-state index in [0.717, 1.165) is 0 Å². The van der Waals surface area contributed by atoms with E-state index >= 15 is 0 Å². The summed E-state index contributed by atoms with van der Waals surface area (Å²) in [5.74, 6) is -2.00. The fraction of sp³-hybridized carbons (Fsp3) is 0.273. The lowest BCUT2D eigenvalue weighted by Crippen LogP contribution is -2.13. The second-order valence-corrected chi connectivity index (χ2v) is 3.40. The molecule has 1 aliphatic rings. The van der Waals surface area contributed by atoms with Crippen molar-refractivity contribution in [1.29, 1.82) is 0 Å². The molecule has 17 heavy (non-hydrogen) atoms. The third-order valence-electron chi connectivity index (χ3n) is 2.34. The number of ether oxygens (including phenoxy) is 3. The number of carboxylic acids is 1. The Morgan fingerprint density at radius 2 is 2.06 bits per heavy atom. The summed E-state index contributed by atoms with van der Waals surface area (Å²) in [6, 6.07) is 2.99. The van der Waals surface area contributed by atoms with Crippen LogP contribution in [0.5, 0.6) is 11.5 Å². The quantitative estimate of drug-likeness (QED) is 0.618. The van der Waals surface area contributed by atoms with Gasteiger partial charge in [-0.15, -0.1) is 0 Å². The Morgan fingerprint density at radius 1 is 1.35 bits per heavy atom. The van der Waals surface area contributed by atoms with E-state index in [0.29, 0.717) is 17.9 Å². The maximum absolute atomic E-state index is 11.4. The highest BCUT2D eigenvalue weighted by Gasteiger charge is 2.28. The van der Waals surface area contributed by atoms with E-state index < -0.39 is 11.8 Å². The first-order valence-electron chi connectivity index (χ1n) is 4.83. The van der Waals surface area contributed by atoms with E-state index in [-0.39, 0.29) is 18.1 Å². The summed E-state index contributed by atoms with van der Waals surface area (Å²) >= 11 is 0. The third kappa shape index (κ3) is 1.94. The minimum atomic E-state index is -1.53. The topological polar surface area (TPSA) is 82.1 Å². The van der Waals surface area contributed by atoms with Crippen LogP contribution in [0, 0.1) is 0 Å². The number of hydrogen-bond donors (Lipinski definition) is 1. The zero-order chi connectivity index (χ0) is 12.4. The van der Waals surface area contributed by atoms with Gasteiger partial charge >= 0.3 is 5.97 Å². The van der Waals surface area contributed by atoms with Crippen molar-refractivity contribution in [3.05, 3.63) is 23.3 Å². The van der Waals surface area contributed by atoms with Crippen LogP contribution in [-0.4, -0.2) is 30.8 Å². The van der Waals surface area contributed by atoms with Crippen molar-refractivity contribution in [3.63, 3.8) is 0 Å². The Balaban J connectivity index is 2.47. The average molecular weight is 238 g/mol. The van der Waals surface area contributed by atoms with Crippen molar-refractivity contribution < 1.29 is 28.9 Å². The molecule has 0 radical (unpaired) electrons. The molecule has 6 nitrogen and oxygen atoms in total. The monoisotopic (exact) mass is 238 g/mol. The maximum atomic E-state index is 11.4. The van der Waals surface area contributed by atoms with E-state index in [2.05, 4.69) is 0 Å². The number of Topliss-reactive ketones (excluding diaryl/α,β-unsaturated/α-hetero) is 1. The van der Waals surface area contributed by atoms with Crippen LogP contribution in [0.25, 0.3) is 0 Å². The van der Waals surface area contributed by atoms with E-state index in [1.54, 1.807) is 6.07 Å². The molecule has 0 fully saturated rings. The first-order chi connectivity index (χ1) is 8.15. The summed E-state index contributed by atoms with van der Waals surface area (Å²) in [6.45, 7) is 0.267. The molecule has 1 heterocycles. The number of methoxy groups -OCH3 is 1. The SMILES string of the molecule is COCc1ccc(C(=O)C(=O)O)c2c1OCO2. The number of carboxylic acid groups (broad SMARTS) is 1. The fourth-order valence-electron chi connectivity index (χ4n) is 1.62. The summed E-state index contributed by atoms with van der Waals surface area (Å²) in [4.78, 5) is 22.0. The molecular formula is C11H10O6. The van der Waals surface area contributed by atoms with E-state index in [1.807, 2.05) is 0 Å². The predicted molar refractivity (Wildman–Crippen MR) is 55.2 cm³/mol. The second kappa shape index (κ2) is 4.42. The molecule has 0 bridgehead atoms. The first kappa shape index (κ1) is 11.4. The van der Waals surface area contributed by atoms with E-state index in [4.69, 9.17) is 19.3 Å². The Kier molecular flexibility index (Phi) is 2.97. The third-order valence-corrected chi connectivity index (χ3v) is 2.34. The second-order valence-electron chi connectivity index (χ2n) is 3.40. The van der Waals surface area contributed by atoms with Crippen molar-refractivity contribution >= 4 is 11.8 Å². The van der Waals surface area contributed by atoms with Gasteiger partial charge in [0, 0.05) is 12.7 Å². The molecule has 1 aromatic carbocycles. The summed E-state index contributed by atoms with van der Waals surface area (Å²) in [5.41, 5.74) is 0.701. The zero-order valence-corrected chi connectivity index (χ0v) is 9.06. The molecule has 0 amide bonds. The molecule has 0 saturated carbocycles. The molecule has 0 spiro atoms. The highest BCUT2D eigenvalue weighted by atomic mass is 16.7. The molecule has 90 valence electrons. The molecule has 1 N–H and O–H groups in total. The molecule has 2 rings (SSSR count). The number of benzene rings is 1. The van der Waals surface area contributed by atoms with Gasteiger partial charge in [-0.1, -0.05) is 6.07 Å². The summed E-state index contributed by atoms with van der Waals surface area (Å²) in [7, 11) is 1.53. The van der Waals surface area contributed by atoms with Gasteiger partial charge in [-0.2, -0.15) is 0 Å². The smallest absolute Gasteiger partial charge is 0.377 e. The van der Waals surface area contributed by atoms with Crippen molar-refractivity contribution in [1.82, 2.24) is 0 Å². The van der Waals surface area contributed by atoms with Crippen LogP contribution in [-0.2, 0) is 16.1 Å². The summed E-state index contributed by atoms with van der Waals surface area (Å²) in [5, 5.41) is 8.67. The van der Waals surface area contributed by atoms with Gasteiger partial charge in [0.2, 0.25) is 6.79 Å². The molecule has 0 saturated heterocycles. The Labute approximate surface area is 96.7 Å². The number of carbonyl (C=O) groups excluding carboxylic acids is 1. The molecular weight excluding hydrogens is 228 g/mol. The van der Waals surface area contributed by atoms with E-state index in [1.165, 1.54) is 13.2 Å². The minimum Gasteiger partial charge on any atom is -0.475 e. The molecule has 0 atom stereocenters. The van der Waals surface area contributed by atoms with E-state index in [9.17, 15) is 9.59 Å². The fourth-order valence-corrected chi connectivity index (χ4v) is 1.62. The molecule has 0 aliphatic carbocycles. The number of carbonyl (C=O) groups is 2. The van der Waals surface area contributed by atoms with Gasteiger partial charge in [0.25, 0.3) is 5.78 Å². The maximum Gasteiger partial charge on any atom is 0.377 e. The van der Waals surface area contributed by atoms with Gasteiger partial charge in [0.15, 0.2) is 11.5 Å². The van der Waals surface area contributed by atoms with Gasteiger partial charge in [0.05, 0.1) is 12.2 Å². The van der Waals surface area contributed by atoms with Crippen LogP contribution >= 0.6 is 0 Å². The van der Waals surface area contributed by atoms with Crippen LogP contribution in [0.1, 0.15) is 15.9 Å². The average Bonchev–Trinajstić information content (AvgIpc) is 2.78. The van der Waals surface area contributed by atoms with Gasteiger partial charge in [-0.3, -0.25) is 4.79 Å². The normalized spacial score (nSPS) is 12.5. The van der Waals surface area contributed by atoms with Crippen molar-refractivity contribution in [3.8, 4) is 11.5 Å². The highest BCUT2D eigenvalue weighted by Crippen LogP contribution is 2.39. The van der Waals surface area contributed by atoms with Crippen LogP contribution in [0.4, 0.5) is 0 Å². The van der Waals surface area contributed by atoms with Gasteiger partial charge in [-0.05, 0) is 6.07 Å². The molecule has 1 aliphatic heterocycles. The molecule has 1 aromatic rings. The molecule has 0 aromatic heterocycles. The summed E-state index contributed by atoms with van der Waals surface area (Å²) in [6.07, 6.45) is 0. The van der Waals surface area contributed by atoms with Crippen LogP contribution in [0.15, 0.2) is 12.1 Å². The number of rotatable bonds is 4. The summed E-state index contributed by atoms with van der Waals surface area (Å²) < 4.78 is 15.3. The van der Waals surface area contributed by atoms with Crippen molar-refractivity contribution in [2.24, 2.45) is 0 Å². The molecule has 6 heteroatoms. The lowest BCUT2D eigenvalue weighted by Gasteiger charge is -2.07. The Bertz CT molecular complexity index is 479. The molecule has 0 unspecified atom stereocenters. The number of hydrogen-bond acceptors (Lipinski definition) is 5. The van der Waals surface area contributed by atoms with Crippen LogP contribution in [0.2, 0.25) is 0 Å². The lowest BCUT2D eigenvalue weighted by molar-refractivity contribution is -0.131. The largest absolute Gasteiger partial charge is 0.475 e. The zero-order valence-electron chi connectivity index (χ0n) is 9.06. The van der Waals surface area contributed by atoms with Crippen LogP contribution in [0.3, 0.4) is 0 Å². The van der Waals surface area contributed by atoms with Gasteiger partial charge in [0.1, 0.15) is 0 Å². The number of ketones is 1. The minimum absolute atomic E-state index is 0.00940. The Hall–Kier alpha value is -2.08. The standard InChI is InChI=1S/C11H10O6/c1-15-4-6-2-3-7(8(12)11(13)14)10-9(6)16-5-17-10/h2-3H,4-5H2,1H3,(H,13,14). The van der Waals surface area contributed by atoms with Gasteiger partial charge in [-0.25, -0.2) is 4.79 Å². The lowest BCUT2D eigenvalue weighted by atomic mass is 10.1. The number of fused-ring (bicyclic) bond motifs is 1. The van der Waals surface area contributed by atoms with Crippen LogP contribution < -0.4 is 9.47 Å². The van der Waals surface area contributed by atoms with Crippen molar-refractivity contribution in [2.45, 2.75) is 6.61 Å². The predicted octanol–water partition coefficient (Wildman–Crippen LogP) is 0.829. The van der Waals surface area contributed by atoms with Crippen molar-refractivity contribution in [2.75, 3.05) is 13.9 Å². The van der Waals surface area contributed by atoms with Gasteiger partial charge < -0.3 is 19.3 Å². The Morgan fingerprint density at radius 3 is 2.71 bits per heavy atom. The number of aliphatic carboxylic acids is 1. The first-order valence-corrected chi connectivity index (χ1v) is 4.83.